The summed E-state index contributed by atoms with van der Waals surface area (Å²) in [6, 6.07) is 29.6. The number of rotatable bonds is 4. The maximum atomic E-state index is 4.99. The van der Waals surface area contributed by atoms with Gasteiger partial charge in [0.1, 0.15) is 5.03 Å². The maximum absolute atomic E-state index is 4.99. The fourth-order valence-corrected chi connectivity index (χ4v) is 4.21. The molecule has 0 aliphatic rings. The van der Waals surface area contributed by atoms with E-state index in [-0.39, 0.29) is 0 Å². The molecule has 3 aromatic carbocycles. The van der Waals surface area contributed by atoms with Gasteiger partial charge < -0.3 is 0 Å². The predicted molar refractivity (Wildman–Crippen MR) is 107 cm³/mol. The number of hydrogen-bond acceptors (Lipinski definition) is 2. The molecule has 1 nitrogen and oxygen atoms in total. The number of pyridine rings is 1. The quantitative estimate of drug-likeness (QED) is 0.414. The van der Waals surface area contributed by atoms with Crippen LogP contribution in [0.2, 0.25) is 0 Å². The van der Waals surface area contributed by atoms with Gasteiger partial charge in [0.25, 0.3) is 0 Å². The smallest absolute Gasteiger partial charge is 0.105 e. The summed E-state index contributed by atoms with van der Waals surface area (Å²) in [5, 5.41) is 2.33. The van der Waals surface area contributed by atoms with Crippen molar-refractivity contribution in [2.24, 2.45) is 0 Å². The number of benzene rings is 3. The summed E-state index contributed by atoms with van der Waals surface area (Å²) in [4.78, 5) is 6.21. The Morgan fingerprint density at radius 1 is 0.760 bits per heavy atom. The van der Waals surface area contributed by atoms with Crippen molar-refractivity contribution in [2.75, 3.05) is 0 Å². The van der Waals surface area contributed by atoms with Crippen molar-refractivity contribution in [1.29, 1.82) is 0 Å². The van der Waals surface area contributed by atoms with Crippen LogP contribution >= 0.6 is 11.8 Å². The molecule has 0 spiro atoms. The van der Waals surface area contributed by atoms with E-state index in [1.165, 1.54) is 27.0 Å². The van der Waals surface area contributed by atoms with Crippen LogP contribution in [-0.2, 0) is 6.42 Å². The molecule has 0 saturated heterocycles. The molecule has 0 fully saturated rings. The van der Waals surface area contributed by atoms with Crippen LogP contribution in [0.5, 0.6) is 0 Å². The third-order valence-corrected chi connectivity index (χ3v) is 5.37. The number of aromatic nitrogens is 1. The van der Waals surface area contributed by atoms with Crippen molar-refractivity contribution in [1.82, 2.24) is 4.98 Å². The first-order chi connectivity index (χ1) is 12.4. The molecule has 4 rings (SSSR count). The third-order valence-electron chi connectivity index (χ3n) is 4.33. The molecule has 122 valence electrons. The molecule has 0 unspecified atom stereocenters. The molecular formula is C23H19NS. The SMILES string of the molecule is CCc1c(Sc2ccccc2)nc2ccccc2c1-c1ccccc1. The Labute approximate surface area is 152 Å². The Hall–Kier alpha value is -2.58. The lowest BCUT2D eigenvalue weighted by atomic mass is 9.95. The van der Waals surface area contributed by atoms with Gasteiger partial charge in [-0.1, -0.05) is 85.4 Å². The summed E-state index contributed by atoms with van der Waals surface area (Å²) in [7, 11) is 0. The zero-order valence-electron chi connectivity index (χ0n) is 14.1. The second kappa shape index (κ2) is 7.12. The highest BCUT2D eigenvalue weighted by Gasteiger charge is 2.16. The molecule has 0 amide bonds. The summed E-state index contributed by atoms with van der Waals surface area (Å²) in [6.45, 7) is 2.22. The van der Waals surface area contributed by atoms with E-state index in [0.29, 0.717) is 0 Å². The van der Waals surface area contributed by atoms with E-state index in [9.17, 15) is 0 Å². The van der Waals surface area contributed by atoms with Crippen molar-refractivity contribution in [3.05, 3.63) is 90.5 Å². The van der Waals surface area contributed by atoms with Gasteiger partial charge in [-0.25, -0.2) is 4.98 Å². The van der Waals surface area contributed by atoms with E-state index in [2.05, 4.69) is 85.8 Å². The van der Waals surface area contributed by atoms with Crippen LogP contribution in [0.3, 0.4) is 0 Å². The lowest BCUT2D eigenvalue weighted by Gasteiger charge is -2.16. The largest absolute Gasteiger partial charge is 0.241 e. The molecule has 0 bridgehead atoms. The van der Waals surface area contributed by atoms with Gasteiger partial charge in [0, 0.05) is 10.3 Å². The van der Waals surface area contributed by atoms with E-state index in [1.807, 2.05) is 6.07 Å². The number of fused-ring (bicyclic) bond motifs is 1. The van der Waals surface area contributed by atoms with E-state index >= 15 is 0 Å². The number of hydrogen-bond donors (Lipinski definition) is 0. The first-order valence-corrected chi connectivity index (χ1v) is 9.38. The van der Waals surface area contributed by atoms with Crippen molar-refractivity contribution < 1.29 is 0 Å². The van der Waals surface area contributed by atoms with Gasteiger partial charge in [-0.05, 0) is 41.3 Å². The standard InChI is InChI=1S/C23H19NS/c1-2-19-22(17-11-5-3-6-12-17)20-15-9-10-16-21(20)24-23(19)25-18-13-7-4-8-14-18/h3-16H,2H2,1H3. The zero-order chi connectivity index (χ0) is 17.1. The van der Waals surface area contributed by atoms with Gasteiger partial charge in [0.15, 0.2) is 0 Å². The molecule has 0 aliphatic heterocycles. The summed E-state index contributed by atoms with van der Waals surface area (Å²) in [5.41, 5.74) is 4.94. The van der Waals surface area contributed by atoms with Crippen LogP contribution in [0.15, 0.2) is 94.9 Å². The number of para-hydroxylation sites is 1. The van der Waals surface area contributed by atoms with Crippen molar-refractivity contribution >= 4 is 22.7 Å². The second-order valence-corrected chi connectivity index (χ2v) is 6.98. The van der Waals surface area contributed by atoms with E-state index < -0.39 is 0 Å². The first-order valence-electron chi connectivity index (χ1n) is 8.56. The van der Waals surface area contributed by atoms with Crippen LogP contribution < -0.4 is 0 Å². The normalized spacial score (nSPS) is 10.9. The fourth-order valence-electron chi connectivity index (χ4n) is 3.18. The maximum Gasteiger partial charge on any atom is 0.105 e. The summed E-state index contributed by atoms with van der Waals surface area (Å²) in [6.07, 6.45) is 0.956. The van der Waals surface area contributed by atoms with Crippen LogP contribution in [0.4, 0.5) is 0 Å². The van der Waals surface area contributed by atoms with Crippen LogP contribution in [0, 0.1) is 0 Å². The molecule has 0 aliphatic carbocycles. The topological polar surface area (TPSA) is 12.9 Å². The molecule has 0 radical (unpaired) electrons. The van der Waals surface area contributed by atoms with Crippen molar-refractivity contribution in [3.8, 4) is 11.1 Å². The highest BCUT2D eigenvalue weighted by molar-refractivity contribution is 7.99. The van der Waals surface area contributed by atoms with Crippen molar-refractivity contribution in [3.63, 3.8) is 0 Å². The second-order valence-electron chi connectivity index (χ2n) is 5.92. The first kappa shape index (κ1) is 15.9. The van der Waals surface area contributed by atoms with Gasteiger partial charge >= 0.3 is 0 Å². The van der Waals surface area contributed by atoms with Crippen LogP contribution in [-0.4, -0.2) is 4.98 Å². The lowest BCUT2D eigenvalue weighted by Crippen LogP contribution is -1.97. The number of nitrogens with zero attached hydrogens (tertiary/aromatic N) is 1. The third kappa shape index (κ3) is 3.18. The summed E-state index contributed by atoms with van der Waals surface area (Å²) >= 11 is 1.75. The molecule has 25 heavy (non-hydrogen) atoms. The molecule has 0 saturated carbocycles. The highest BCUT2D eigenvalue weighted by Crippen LogP contribution is 2.39. The van der Waals surface area contributed by atoms with Gasteiger partial charge in [-0.15, -0.1) is 0 Å². The fraction of sp³-hybridized carbons (Fsp3) is 0.0870. The Morgan fingerprint density at radius 3 is 2.12 bits per heavy atom. The molecule has 4 aromatic rings. The molecule has 2 heteroatoms. The minimum absolute atomic E-state index is 0.956. The van der Waals surface area contributed by atoms with Gasteiger partial charge in [-0.2, -0.15) is 0 Å². The zero-order valence-corrected chi connectivity index (χ0v) is 15.0. The molecule has 0 N–H and O–H groups in total. The van der Waals surface area contributed by atoms with Crippen LogP contribution in [0.1, 0.15) is 12.5 Å². The van der Waals surface area contributed by atoms with Crippen LogP contribution in [0.25, 0.3) is 22.0 Å². The van der Waals surface area contributed by atoms with Crippen molar-refractivity contribution in [2.45, 2.75) is 23.3 Å². The molecular weight excluding hydrogens is 322 g/mol. The minimum atomic E-state index is 0.956. The molecule has 0 atom stereocenters. The van der Waals surface area contributed by atoms with E-state index in [1.54, 1.807) is 11.8 Å². The Morgan fingerprint density at radius 2 is 1.40 bits per heavy atom. The predicted octanol–water partition coefficient (Wildman–Crippen LogP) is 6.62. The Bertz CT molecular complexity index is 994. The Balaban J connectivity index is 1.98. The van der Waals surface area contributed by atoms with Gasteiger partial charge in [0.2, 0.25) is 0 Å². The molecule has 1 aromatic heterocycles. The summed E-state index contributed by atoms with van der Waals surface area (Å²) in [5.74, 6) is 0. The monoisotopic (exact) mass is 341 g/mol. The Kier molecular flexibility index (Phi) is 4.53. The molecule has 1 heterocycles. The minimum Gasteiger partial charge on any atom is -0.241 e. The average Bonchev–Trinajstić information content (AvgIpc) is 2.68. The van der Waals surface area contributed by atoms with E-state index in [4.69, 9.17) is 4.98 Å². The average molecular weight is 341 g/mol. The lowest BCUT2D eigenvalue weighted by molar-refractivity contribution is 1.02. The van der Waals surface area contributed by atoms with E-state index in [0.717, 1.165) is 17.0 Å². The highest BCUT2D eigenvalue weighted by atomic mass is 32.2. The van der Waals surface area contributed by atoms with Gasteiger partial charge in [0.05, 0.1) is 5.52 Å². The summed E-state index contributed by atoms with van der Waals surface area (Å²) < 4.78 is 0. The van der Waals surface area contributed by atoms with Gasteiger partial charge in [-0.3, -0.25) is 0 Å².